The van der Waals surface area contributed by atoms with E-state index in [0.717, 1.165) is 12.8 Å². The van der Waals surface area contributed by atoms with E-state index in [9.17, 15) is 4.79 Å². The number of halogens is 1. The highest BCUT2D eigenvalue weighted by molar-refractivity contribution is 6.64. The Bertz CT molecular complexity index is 274. The maximum atomic E-state index is 11.3. The van der Waals surface area contributed by atoms with Gasteiger partial charge >= 0.3 is 0 Å². The summed E-state index contributed by atoms with van der Waals surface area (Å²) < 4.78 is 5.84. The Hall–Kier alpha value is -0.0800. The quantitative estimate of drug-likeness (QED) is 0.630. The summed E-state index contributed by atoms with van der Waals surface area (Å²) in [6.07, 6.45) is 2.11. The third-order valence-corrected chi connectivity index (χ3v) is 4.86. The molecule has 0 radical (unpaired) electrons. The van der Waals surface area contributed by atoms with Crippen molar-refractivity contribution in [2.45, 2.75) is 39.2 Å². The number of fused-ring (bicyclic) bond motifs is 2. The van der Waals surface area contributed by atoms with Crippen molar-refractivity contribution in [3.63, 3.8) is 0 Å². The summed E-state index contributed by atoms with van der Waals surface area (Å²) in [7, 11) is 0. The van der Waals surface area contributed by atoms with Gasteiger partial charge in [-0.3, -0.25) is 4.79 Å². The lowest BCUT2D eigenvalue weighted by molar-refractivity contribution is -0.166. The monoisotopic (exact) mass is 216 g/mol. The smallest absolute Gasteiger partial charge is 0.227 e. The zero-order valence-electron chi connectivity index (χ0n) is 8.97. The molecule has 80 valence electrons. The second-order valence-electron chi connectivity index (χ2n) is 5.32. The fourth-order valence-electron chi connectivity index (χ4n) is 3.08. The van der Waals surface area contributed by atoms with Gasteiger partial charge in [-0.15, -0.1) is 0 Å². The van der Waals surface area contributed by atoms with Crippen molar-refractivity contribution in [2.24, 2.45) is 17.3 Å². The maximum Gasteiger partial charge on any atom is 0.227 e. The molecule has 1 aliphatic heterocycles. The Morgan fingerprint density at radius 2 is 2.07 bits per heavy atom. The Kier molecular flexibility index (Phi) is 2.20. The van der Waals surface area contributed by atoms with Crippen LogP contribution in [0, 0.1) is 17.3 Å². The summed E-state index contributed by atoms with van der Waals surface area (Å²) in [5.41, 5.74) is 0.0149. The van der Waals surface area contributed by atoms with Gasteiger partial charge in [0.05, 0.1) is 18.1 Å². The van der Waals surface area contributed by atoms with Crippen molar-refractivity contribution in [2.75, 3.05) is 6.61 Å². The summed E-state index contributed by atoms with van der Waals surface area (Å²) >= 11 is 5.60. The molecular formula is C11H17ClO2. The standard InChI is InChI=1S/C11H17ClO2/c1-10(2)8-4-5-11(10,3)14-6-7(8)9(12)13/h7-8H,4-6H2,1-3H3/t7?,8-,11-/m1/s1. The molecule has 14 heavy (non-hydrogen) atoms. The van der Waals surface area contributed by atoms with Crippen molar-refractivity contribution in [1.82, 2.24) is 0 Å². The average Bonchev–Trinajstić information content (AvgIpc) is 2.26. The van der Waals surface area contributed by atoms with Gasteiger partial charge in [0.1, 0.15) is 0 Å². The fraction of sp³-hybridized carbons (Fsp3) is 0.909. The van der Waals surface area contributed by atoms with Crippen LogP contribution >= 0.6 is 11.6 Å². The molecule has 1 heterocycles. The predicted molar refractivity (Wildman–Crippen MR) is 55.2 cm³/mol. The van der Waals surface area contributed by atoms with Crippen molar-refractivity contribution in [3.05, 3.63) is 0 Å². The SMILES string of the molecule is CC1(C)[C@@H]2CC[C@@]1(C)OCC2C(=O)Cl. The van der Waals surface area contributed by atoms with Gasteiger partial charge in [0, 0.05) is 0 Å². The minimum atomic E-state index is -0.230. The first kappa shape index (κ1) is 10.4. The van der Waals surface area contributed by atoms with Crippen molar-refractivity contribution in [1.29, 1.82) is 0 Å². The van der Waals surface area contributed by atoms with Crippen LogP contribution in [0.4, 0.5) is 0 Å². The molecule has 1 unspecified atom stereocenters. The third kappa shape index (κ3) is 1.17. The molecule has 0 aromatic rings. The zero-order valence-corrected chi connectivity index (χ0v) is 9.73. The molecule has 0 N–H and O–H groups in total. The first-order valence-electron chi connectivity index (χ1n) is 5.22. The molecule has 2 bridgehead atoms. The Morgan fingerprint density at radius 1 is 1.43 bits per heavy atom. The summed E-state index contributed by atoms with van der Waals surface area (Å²) in [6, 6.07) is 0. The molecule has 0 spiro atoms. The van der Waals surface area contributed by atoms with Gasteiger partial charge in [0.15, 0.2) is 0 Å². The third-order valence-electron chi connectivity index (χ3n) is 4.58. The molecule has 1 saturated carbocycles. The number of rotatable bonds is 1. The molecule has 0 aromatic heterocycles. The molecule has 2 rings (SSSR count). The second kappa shape index (κ2) is 2.96. The zero-order chi connectivity index (χ0) is 10.6. The minimum Gasteiger partial charge on any atom is -0.374 e. The van der Waals surface area contributed by atoms with Gasteiger partial charge in [0.25, 0.3) is 0 Å². The van der Waals surface area contributed by atoms with E-state index in [2.05, 4.69) is 20.8 Å². The fourth-order valence-corrected chi connectivity index (χ4v) is 3.30. The van der Waals surface area contributed by atoms with E-state index in [-0.39, 0.29) is 22.2 Å². The Balaban J connectivity index is 2.32. The van der Waals surface area contributed by atoms with Gasteiger partial charge in [-0.2, -0.15) is 0 Å². The molecular weight excluding hydrogens is 200 g/mol. The average molecular weight is 217 g/mol. The highest BCUT2D eigenvalue weighted by Gasteiger charge is 2.59. The van der Waals surface area contributed by atoms with E-state index in [0.29, 0.717) is 12.5 Å². The normalized spacial score (nSPS) is 45.1. The molecule has 3 heteroatoms. The molecule has 0 aromatic carbocycles. The molecule has 2 fully saturated rings. The Morgan fingerprint density at radius 3 is 2.64 bits per heavy atom. The van der Waals surface area contributed by atoms with E-state index in [1.165, 1.54) is 0 Å². The van der Waals surface area contributed by atoms with Gasteiger partial charge in [0.2, 0.25) is 5.24 Å². The van der Waals surface area contributed by atoms with Gasteiger partial charge in [-0.05, 0) is 42.7 Å². The van der Waals surface area contributed by atoms with Crippen LogP contribution in [0.15, 0.2) is 0 Å². The van der Waals surface area contributed by atoms with Crippen LogP contribution in [0.5, 0.6) is 0 Å². The summed E-state index contributed by atoms with van der Waals surface area (Å²) in [4.78, 5) is 11.3. The molecule has 2 nitrogen and oxygen atoms in total. The lowest BCUT2D eigenvalue weighted by atomic mass is 9.67. The molecule has 1 saturated heterocycles. The van der Waals surface area contributed by atoms with Crippen LogP contribution in [0.3, 0.4) is 0 Å². The lowest BCUT2D eigenvalue weighted by Gasteiger charge is -2.48. The van der Waals surface area contributed by atoms with E-state index in [1.807, 2.05) is 0 Å². The molecule has 2 aliphatic rings. The number of hydrogen-bond donors (Lipinski definition) is 0. The van der Waals surface area contributed by atoms with Crippen molar-refractivity contribution < 1.29 is 9.53 Å². The van der Waals surface area contributed by atoms with Crippen LogP contribution in [-0.4, -0.2) is 17.5 Å². The van der Waals surface area contributed by atoms with Gasteiger partial charge < -0.3 is 4.74 Å². The van der Waals surface area contributed by atoms with Gasteiger partial charge in [-0.1, -0.05) is 13.8 Å². The predicted octanol–water partition coefficient (Wildman–Crippen LogP) is 2.59. The summed E-state index contributed by atoms with van der Waals surface area (Å²) in [6.45, 7) is 7.04. The van der Waals surface area contributed by atoms with E-state index in [1.54, 1.807) is 0 Å². The van der Waals surface area contributed by atoms with Crippen LogP contribution in [0.2, 0.25) is 0 Å². The van der Waals surface area contributed by atoms with Crippen molar-refractivity contribution in [3.8, 4) is 0 Å². The largest absolute Gasteiger partial charge is 0.374 e. The second-order valence-corrected chi connectivity index (χ2v) is 5.69. The van der Waals surface area contributed by atoms with Crippen LogP contribution in [0.1, 0.15) is 33.6 Å². The highest BCUT2D eigenvalue weighted by Crippen LogP contribution is 2.58. The van der Waals surface area contributed by atoms with E-state index >= 15 is 0 Å². The van der Waals surface area contributed by atoms with Crippen LogP contribution in [0.25, 0.3) is 0 Å². The first-order valence-corrected chi connectivity index (χ1v) is 5.59. The number of hydrogen-bond acceptors (Lipinski definition) is 2. The highest BCUT2D eigenvalue weighted by atomic mass is 35.5. The number of carbonyl (C=O) groups is 1. The van der Waals surface area contributed by atoms with Crippen molar-refractivity contribution >= 4 is 16.8 Å². The molecule has 1 aliphatic carbocycles. The lowest BCUT2D eigenvalue weighted by Crippen LogP contribution is -2.51. The van der Waals surface area contributed by atoms with E-state index < -0.39 is 0 Å². The summed E-state index contributed by atoms with van der Waals surface area (Å²) in [5, 5.41) is -0.230. The maximum absolute atomic E-state index is 11.3. The number of ether oxygens (including phenoxy) is 1. The topological polar surface area (TPSA) is 26.3 Å². The van der Waals surface area contributed by atoms with Gasteiger partial charge in [-0.25, -0.2) is 0 Å². The van der Waals surface area contributed by atoms with Crippen LogP contribution in [-0.2, 0) is 9.53 Å². The first-order chi connectivity index (χ1) is 6.38. The van der Waals surface area contributed by atoms with Crippen LogP contribution < -0.4 is 0 Å². The van der Waals surface area contributed by atoms with E-state index in [4.69, 9.17) is 16.3 Å². The summed E-state index contributed by atoms with van der Waals surface area (Å²) in [5.74, 6) is 0.300. The molecule has 3 atom stereocenters. The Labute approximate surface area is 90.0 Å². The number of carbonyl (C=O) groups excluding carboxylic acids is 1. The molecule has 0 amide bonds. The minimum absolute atomic E-state index is 0.0551.